The summed E-state index contributed by atoms with van der Waals surface area (Å²) in [5.74, 6) is 7.32. The maximum absolute atomic E-state index is 5.37. The van der Waals surface area contributed by atoms with Crippen molar-refractivity contribution >= 4 is 17.0 Å². The molecule has 8 heteroatoms. The number of nitrogens with two attached hydrogens (primary N) is 1. The number of fused-ring (bicyclic) bond motifs is 1. The summed E-state index contributed by atoms with van der Waals surface area (Å²) in [7, 11) is 0. The molecule has 8 nitrogen and oxygen atoms in total. The number of H-pyrrole nitrogens is 1. The summed E-state index contributed by atoms with van der Waals surface area (Å²) in [6.07, 6.45) is 6.09. The molecule has 4 N–H and O–H groups in total. The first-order chi connectivity index (χ1) is 8.83. The van der Waals surface area contributed by atoms with Gasteiger partial charge in [-0.05, 0) is 0 Å². The van der Waals surface area contributed by atoms with Gasteiger partial charge < -0.3 is 0 Å². The second-order valence-corrected chi connectivity index (χ2v) is 3.71. The number of nitrogen functional groups attached to an aromatic ring is 1. The van der Waals surface area contributed by atoms with Crippen LogP contribution in [0, 0.1) is 0 Å². The van der Waals surface area contributed by atoms with Crippen LogP contribution in [0.2, 0.25) is 0 Å². The molecule has 3 aromatic rings. The minimum absolute atomic E-state index is 0.331. The number of hydrogen-bond donors (Lipinski definition) is 3. The van der Waals surface area contributed by atoms with E-state index in [1.54, 1.807) is 12.4 Å². The summed E-state index contributed by atoms with van der Waals surface area (Å²) < 4.78 is 1.90. The highest BCUT2D eigenvalue weighted by Gasteiger charge is 2.12. The first-order valence-electron chi connectivity index (χ1n) is 5.53. The number of rotatable bonds is 3. The molecule has 3 heterocycles. The SMILES string of the molecule is CCc1nccn1-c1nc(NN)nc2[nH]ncc12. The molecule has 18 heavy (non-hydrogen) atoms. The fourth-order valence-corrected chi connectivity index (χ4v) is 1.86. The average Bonchev–Trinajstić information content (AvgIpc) is 3.05. The molecule has 0 aliphatic carbocycles. The van der Waals surface area contributed by atoms with Crippen LogP contribution in [0.15, 0.2) is 18.6 Å². The molecule has 3 rings (SSSR count). The number of imidazole rings is 1. The van der Waals surface area contributed by atoms with Gasteiger partial charge in [-0.3, -0.25) is 15.1 Å². The van der Waals surface area contributed by atoms with Crippen molar-refractivity contribution in [2.24, 2.45) is 5.84 Å². The van der Waals surface area contributed by atoms with Gasteiger partial charge in [-0.25, -0.2) is 10.8 Å². The number of aryl methyl sites for hydroxylation is 1. The standard InChI is InChI=1S/C10H12N8/c1-2-7-12-3-4-18(7)9-6-5-13-17-8(6)14-10(15-9)16-11/h3-5H,2,11H2,1H3,(H2,13,14,15,16,17). The van der Waals surface area contributed by atoms with Gasteiger partial charge >= 0.3 is 0 Å². The fourth-order valence-electron chi connectivity index (χ4n) is 1.86. The van der Waals surface area contributed by atoms with Gasteiger partial charge in [0.25, 0.3) is 0 Å². The second kappa shape index (κ2) is 4.08. The lowest BCUT2D eigenvalue weighted by atomic mass is 10.3. The van der Waals surface area contributed by atoms with Crippen molar-refractivity contribution in [2.75, 3.05) is 5.43 Å². The molecule has 0 amide bonds. The van der Waals surface area contributed by atoms with Gasteiger partial charge in [-0.2, -0.15) is 15.1 Å². The Bertz CT molecular complexity index is 682. The van der Waals surface area contributed by atoms with Crippen molar-refractivity contribution in [1.82, 2.24) is 29.7 Å². The molecule has 0 aliphatic rings. The monoisotopic (exact) mass is 244 g/mol. The summed E-state index contributed by atoms with van der Waals surface area (Å²) in [5.41, 5.74) is 3.07. The van der Waals surface area contributed by atoms with Crippen LogP contribution < -0.4 is 11.3 Å². The predicted molar refractivity (Wildman–Crippen MR) is 66.0 cm³/mol. The summed E-state index contributed by atoms with van der Waals surface area (Å²) in [4.78, 5) is 12.8. The van der Waals surface area contributed by atoms with Crippen LogP contribution in [0.3, 0.4) is 0 Å². The van der Waals surface area contributed by atoms with Crippen molar-refractivity contribution in [2.45, 2.75) is 13.3 Å². The quantitative estimate of drug-likeness (QED) is 0.454. The largest absolute Gasteiger partial charge is 0.292 e. The van der Waals surface area contributed by atoms with Gasteiger partial charge in [-0.15, -0.1) is 0 Å². The molecule has 92 valence electrons. The summed E-state index contributed by atoms with van der Waals surface area (Å²) >= 11 is 0. The van der Waals surface area contributed by atoms with Gasteiger partial charge in [0.15, 0.2) is 11.5 Å². The first kappa shape index (κ1) is 10.7. The summed E-state index contributed by atoms with van der Waals surface area (Å²) in [6.45, 7) is 2.04. The van der Waals surface area contributed by atoms with Crippen LogP contribution in [0.25, 0.3) is 16.9 Å². The zero-order chi connectivity index (χ0) is 12.5. The van der Waals surface area contributed by atoms with Crippen LogP contribution in [0.1, 0.15) is 12.7 Å². The minimum Gasteiger partial charge on any atom is -0.292 e. The molecule has 0 bridgehead atoms. The smallest absolute Gasteiger partial charge is 0.241 e. The highest BCUT2D eigenvalue weighted by atomic mass is 15.3. The second-order valence-electron chi connectivity index (χ2n) is 3.71. The highest BCUT2D eigenvalue weighted by Crippen LogP contribution is 2.20. The number of aromatic nitrogens is 6. The number of anilines is 1. The maximum Gasteiger partial charge on any atom is 0.241 e. The average molecular weight is 244 g/mol. The predicted octanol–water partition coefficient (Wildman–Crippen LogP) is 0.387. The maximum atomic E-state index is 5.37. The normalized spacial score (nSPS) is 11.0. The number of hydrogen-bond acceptors (Lipinski definition) is 6. The highest BCUT2D eigenvalue weighted by molar-refractivity contribution is 5.82. The van der Waals surface area contributed by atoms with Gasteiger partial charge in [0.2, 0.25) is 5.95 Å². The topological polar surface area (TPSA) is 110 Å². The molecule has 0 atom stereocenters. The van der Waals surface area contributed by atoms with Crippen LogP contribution in [-0.4, -0.2) is 29.7 Å². The number of nitrogens with zero attached hydrogens (tertiary/aromatic N) is 5. The Labute approximate surface area is 102 Å². The van der Waals surface area contributed by atoms with Crippen LogP contribution in [0.4, 0.5) is 5.95 Å². The van der Waals surface area contributed by atoms with Gasteiger partial charge in [0.1, 0.15) is 5.82 Å². The zero-order valence-electron chi connectivity index (χ0n) is 9.75. The molecule has 3 aromatic heterocycles. The molecule has 0 saturated carbocycles. The third-order valence-corrected chi connectivity index (χ3v) is 2.68. The number of aromatic amines is 1. The van der Waals surface area contributed by atoms with E-state index in [0.717, 1.165) is 17.6 Å². The lowest BCUT2D eigenvalue weighted by molar-refractivity contribution is 0.870. The van der Waals surface area contributed by atoms with E-state index < -0.39 is 0 Å². The summed E-state index contributed by atoms with van der Waals surface area (Å²) in [6, 6.07) is 0. The van der Waals surface area contributed by atoms with Crippen LogP contribution >= 0.6 is 0 Å². The van der Waals surface area contributed by atoms with Crippen molar-refractivity contribution in [3.05, 3.63) is 24.4 Å². The Hall–Kier alpha value is -2.48. The van der Waals surface area contributed by atoms with E-state index in [0.29, 0.717) is 17.4 Å². The number of nitrogens with one attached hydrogen (secondary N) is 2. The Morgan fingerprint density at radius 2 is 2.33 bits per heavy atom. The van der Waals surface area contributed by atoms with Crippen molar-refractivity contribution < 1.29 is 0 Å². The van der Waals surface area contributed by atoms with Crippen LogP contribution in [-0.2, 0) is 6.42 Å². The molecule has 0 fully saturated rings. The van der Waals surface area contributed by atoms with Gasteiger partial charge in [-0.1, -0.05) is 6.92 Å². The first-order valence-corrected chi connectivity index (χ1v) is 5.53. The fraction of sp³-hybridized carbons (Fsp3) is 0.200. The molecular weight excluding hydrogens is 232 g/mol. The molecule has 0 spiro atoms. The van der Waals surface area contributed by atoms with Crippen LogP contribution in [0.5, 0.6) is 0 Å². The van der Waals surface area contributed by atoms with Gasteiger partial charge in [0.05, 0.1) is 11.6 Å². The minimum atomic E-state index is 0.331. The zero-order valence-corrected chi connectivity index (χ0v) is 9.75. The Morgan fingerprint density at radius 3 is 3.11 bits per heavy atom. The van der Waals surface area contributed by atoms with Crippen molar-refractivity contribution in [3.8, 4) is 5.82 Å². The summed E-state index contributed by atoms with van der Waals surface area (Å²) in [5, 5.41) is 7.60. The van der Waals surface area contributed by atoms with E-state index in [1.807, 2.05) is 17.7 Å². The van der Waals surface area contributed by atoms with Gasteiger partial charge in [0, 0.05) is 18.8 Å². The van der Waals surface area contributed by atoms with Crippen molar-refractivity contribution in [1.29, 1.82) is 0 Å². The molecule has 0 aliphatic heterocycles. The van der Waals surface area contributed by atoms with E-state index in [9.17, 15) is 0 Å². The van der Waals surface area contributed by atoms with E-state index in [4.69, 9.17) is 5.84 Å². The molecule has 0 aromatic carbocycles. The molecule has 0 saturated heterocycles. The lowest BCUT2D eigenvalue weighted by Gasteiger charge is -2.08. The molecular formula is C10H12N8. The van der Waals surface area contributed by atoms with E-state index >= 15 is 0 Å². The number of hydrazine groups is 1. The lowest BCUT2D eigenvalue weighted by Crippen LogP contribution is -2.13. The third kappa shape index (κ3) is 1.51. The molecule has 0 radical (unpaired) electrons. The third-order valence-electron chi connectivity index (χ3n) is 2.68. The van der Waals surface area contributed by atoms with E-state index in [1.165, 1.54) is 0 Å². The van der Waals surface area contributed by atoms with E-state index in [2.05, 4.69) is 30.6 Å². The molecule has 0 unspecified atom stereocenters. The van der Waals surface area contributed by atoms with E-state index in [-0.39, 0.29) is 0 Å². The van der Waals surface area contributed by atoms with Crippen molar-refractivity contribution in [3.63, 3.8) is 0 Å². The Kier molecular flexibility index (Phi) is 2.41. The Balaban J connectivity index is 2.30. The Morgan fingerprint density at radius 1 is 1.44 bits per heavy atom.